The molecule has 1 N–H and O–H groups in total. The minimum atomic E-state index is -0.182. The number of hydrogen-bond acceptors (Lipinski definition) is 3. The lowest BCUT2D eigenvalue weighted by Crippen LogP contribution is -2.43. The van der Waals surface area contributed by atoms with E-state index in [2.05, 4.69) is 5.32 Å². The van der Waals surface area contributed by atoms with Crippen molar-refractivity contribution in [1.82, 2.24) is 5.32 Å². The third-order valence-electron chi connectivity index (χ3n) is 3.48. The molecule has 2 atom stereocenters. The Labute approximate surface area is 129 Å². The monoisotopic (exact) mass is 303 g/mol. The van der Waals surface area contributed by atoms with E-state index < -0.39 is 0 Å². The molecule has 110 valence electrons. The first-order valence-corrected chi connectivity index (χ1v) is 7.50. The molecule has 2 aromatic carbocycles. The number of nitrogens with one attached hydrogen (secondary N) is 1. The first-order valence-electron chi connectivity index (χ1n) is 7.12. The Balaban J connectivity index is 1.86. The average Bonchev–Trinajstić information content (AvgIpc) is 2.54. The smallest absolute Gasteiger partial charge is 0.151 e. The molecule has 1 heterocycles. The first-order chi connectivity index (χ1) is 10.3. The van der Waals surface area contributed by atoms with E-state index in [0.29, 0.717) is 11.6 Å². The van der Waals surface area contributed by atoms with Gasteiger partial charge in [-0.25, -0.2) is 0 Å². The van der Waals surface area contributed by atoms with E-state index in [4.69, 9.17) is 21.1 Å². The Bertz CT molecular complexity index is 570. The molecule has 1 fully saturated rings. The summed E-state index contributed by atoms with van der Waals surface area (Å²) >= 11 is 6.12. The Morgan fingerprint density at radius 2 is 2.00 bits per heavy atom. The number of morpholine rings is 1. The summed E-state index contributed by atoms with van der Waals surface area (Å²) < 4.78 is 12.0. The predicted molar refractivity (Wildman–Crippen MR) is 83.9 cm³/mol. The second-order valence-corrected chi connectivity index (χ2v) is 5.46. The topological polar surface area (TPSA) is 30.5 Å². The summed E-state index contributed by atoms with van der Waals surface area (Å²) in [5.74, 6) is 0.830. The summed E-state index contributed by atoms with van der Waals surface area (Å²) in [6.07, 6.45) is -0.212. The molecule has 21 heavy (non-hydrogen) atoms. The summed E-state index contributed by atoms with van der Waals surface area (Å²) in [6.45, 7) is 2.34. The molecule has 3 rings (SSSR count). The highest BCUT2D eigenvalue weighted by Gasteiger charge is 2.28. The van der Waals surface area contributed by atoms with E-state index in [9.17, 15) is 0 Å². The van der Waals surface area contributed by atoms with Crippen LogP contribution in [0.15, 0.2) is 54.6 Å². The van der Waals surface area contributed by atoms with Gasteiger partial charge in [0, 0.05) is 18.1 Å². The molecule has 3 nitrogen and oxygen atoms in total. The van der Waals surface area contributed by atoms with Gasteiger partial charge in [-0.05, 0) is 29.8 Å². The molecule has 1 aliphatic rings. The molecule has 2 aromatic rings. The van der Waals surface area contributed by atoms with E-state index >= 15 is 0 Å². The van der Waals surface area contributed by atoms with Crippen molar-refractivity contribution in [3.63, 3.8) is 0 Å². The number of ether oxygens (including phenoxy) is 2. The Morgan fingerprint density at radius 1 is 1.14 bits per heavy atom. The van der Waals surface area contributed by atoms with Crippen LogP contribution in [0.3, 0.4) is 0 Å². The third-order valence-corrected chi connectivity index (χ3v) is 3.71. The van der Waals surface area contributed by atoms with Crippen molar-refractivity contribution < 1.29 is 9.47 Å². The fourth-order valence-corrected chi connectivity index (χ4v) is 2.67. The van der Waals surface area contributed by atoms with Gasteiger partial charge in [0.15, 0.2) is 6.10 Å². The summed E-state index contributed by atoms with van der Waals surface area (Å²) in [5.41, 5.74) is 1.03. The van der Waals surface area contributed by atoms with Crippen LogP contribution in [-0.4, -0.2) is 25.8 Å². The minimum absolute atomic E-state index is 0.0302. The van der Waals surface area contributed by atoms with Gasteiger partial charge in [0.25, 0.3) is 0 Å². The standard InChI is InChI=1S/C17H18ClNO2/c18-14-6-4-5-13(11-14)17(16-12-19-9-10-20-16)21-15-7-2-1-3-8-15/h1-8,11,16-17,19H,9-10,12H2. The van der Waals surface area contributed by atoms with Gasteiger partial charge in [-0.3, -0.25) is 0 Å². The number of halogens is 1. The van der Waals surface area contributed by atoms with Crippen LogP contribution in [0, 0.1) is 0 Å². The zero-order valence-corrected chi connectivity index (χ0v) is 12.4. The van der Waals surface area contributed by atoms with Crippen LogP contribution in [0.1, 0.15) is 11.7 Å². The highest BCUT2D eigenvalue weighted by atomic mass is 35.5. The summed E-state index contributed by atoms with van der Waals surface area (Å²) in [7, 11) is 0. The molecule has 1 saturated heterocycles. The van der Waals surface area contributed by atoms with Gasteiger partial charge < -0.3 is 14.8 Å². The average molecular weight is 304 g/mol. The SMILES string of the molecule is Clc1cccc(C(Oc2ccccc2)C2CNCCO2)c1. The predicted octanol–water partition coefficient (Wildman–Crippen LogP) is 3.45. The largest absolute Gasteiger partial charge is 0.483 e. The molecule has 0 radical (unpaired) electrons. The Hall–Kier alpha value is -1.55. The summed E-state index contributed by atoms with van der Waals surface area (Å²) in [5, 5.41) is 4.05. The lowest BCUT2D eigenvalue weighted by Gasteiger charge is -2.31. The van der Waals surface area contributed by atoms with Crippen LogP contribution in [0.5, 0.6) is 5.75 Å². The van der Waals surface area contributed by atoms with Crippen LogP contribution in [-0.2, 0) is 4.74 Å². The van der Waals surface area contributed by atoms with Crippen LogP contribution >= 0.6 is 11.6 Å². The normalized spacial score (nSPS) is 20.0. The van der Waals surface area contributed by atoms with Crippen molar-refractivity contribution in [3.05, 3.63) is 65.2 Å². The minimum Gasteiger partial charge on any atom is -0.483 e. The van der Waals surface area contributed by atoms with E-state index in [1.807, 2.05) is 54.6 Å². The molecular weight excluding hydrogens is 286 g/mol. The van der Waals surface area contributed by atoms with Crippen molar-refractivity contribution in [2.45, 2.75) is 12.2 Å². The van der Waals surface area contributed by atoms with Crippen molar-refractivity contribution in [2.75, 3.05) is 19.7 Å². The lowest BCUT2D eigenvalue weighted by atomic mass is 10.0. The first kappa shape index (κ1) is 14.4. The van der Waals surface area contributed by atoms with E-state index in [-0.39, 0.29) is 12.2 Å². The molecule has 0 aromatic heterocycles. The summed E-state index contributed by atoms with van der Waals surface area (Å²) in [6, 6.07) is 17.6. The quantitative estimate of drug-likeness (QED) is 0.938. The molecule has 0 bridgehead atoms. The van der Waals surface area contributed by atoms with Crippen LogP contribution in [0.4, 0.5) is 0 Å². The molecule has 0 aliphatic carbocycles. The fourth-order valence-electron chi connectivity index (χ4n) is 2.47. The Kier molecular flexibility index (Phi) is 4.76. The number of hydrogen-bond donors (Lipinski definition) is 1. The van der Waals surface area contributed by atoms with E-state index in [0.717, 1.165) is 24.4 Å². The van der Waals surface area contributed by atoms with Gasteiger partial charge >= 0.3 is 0 Å². The number of benzene rings is 2. The molecule has 1 aliphatic heterocycles. The van der Waals surface area contributed by atoms with Crippen molar-refractivity contribution in [2.24, 2.45) is 0 Å². The van der Waals surface area contributed by atoms with Crippen molar-refractivity contribution in [1.29, 1.82) is 0 Å². The highest BCUT2D eigenvalue weighted by molar-refractivity contribution is 6.30. The van der Waals surface area contributed by atoms with Gasteiger partial charge in [-0.15, -0.1) is 0 Å². The van der Waals surface area contributed by atoms with Gasteiger partial charge in [-0.1, -0.05) is 41.9 Å². The third kappa shape index (κ3) is 3.76. The second-order valence-electron chi connectivity index (χ2n) is 5.02. The second kappa shape index (κ2) is 6.94. The van der Waals surface area contributed by atoms with Gasteiger partial charge in [0.1, 0.15) is 11.9 Å². The van der Waals surface area contributed by atoms with Gasteiger partial charge in [0.2, 0.25) is 0 Å². The van der Waals surface area contributed by atoms with Crippen molar-refractivity contribution >= 4 is 11.6 Å². The maximum atomic E-state index is 6.17. The van der Waals surface area contributed by atoms with Crippen LogP contribution in [0.25, 0.3) is 0 Å². The van der Waals surface area contributed by atoms with E-state index in [1.54, 1.807) is 0 Å². The van der Waals surface area contributed by atoms with Gasteiger partial charge in [0.05, 0.1) is 6.61 Å². The fraction of sp³-hybridized carbons (Fsp3) is 0.294. The van der Waals surface area contributed by atoms with E-state index in [1.165, 1.54) is 0 Å². The number of para-hydroxylation sites is 1. The maximum Gasteiger partial charge on any atom is 0.151 e. The molecule has 4 heteroatoms. The van der Waals surface area contributed by atoms with Gasteiger partial charge in [-0.2, -0.15) is 0 Å². The zero-order chi connectivity index (χ0) is 14.5. The van der Waals surface area contributed by atoms with Crippen LogP contribution < -0.4 is 10.1 Å². The molecule has 0 amide bonds. The van der Waals surface area contributed by atoms with Crippen LogP contribution in [0.2, 0.25) is 5.02 Å². The molecule has 0 spiro atoms. The Morgan fingerprint density at radius 3 is 2.71 bits per heavy atom. The zero-order valence-electron chi connectivity index (χ0n) is 11.7. The molecule has 2 unspecified atom stereocenters. The molecular formula is C17H18ClNO2. The maximum absolute atomic E-state index is 6.17. The lowest BCUT2D eigenvalue weighted by molar-refractivity contribution is -0.0432. The number of rotatable bonds is 4. The highest BCUT2D eigenvalue weighted by Crippen LogP contribution is 2.28. The van der Waals surface area contributed by atoms with Crippen molar-refractivity contribution in [3.8, 4) is 5.75 Å². The molecule has 0 saturated carbocycles. The summed E-state index contributed by atoms with van der Waals surface area (Å²) in [4.78, 5) is 0.